The van der Waals surface area contributed by atoms with Gasteiger partial charge in [-0.25, -0.2) is 4.39 Å². The topological polar surface area (TPSA) is 58.2 Å². The Bertz CT molecular complexity index is 474. The van der Waals surface area contributed by atoms with Gasteiger partial charge in [-0.1, -0.05) is 6.07 Å². The van der Waals surface area contributed by atoms with Gasteiger partial charge in [0.15, 0.2) is 0 Å². The predicted octanol–water partition coefficient (Wildman–Crippen LogP) is 1.21. The van der Waals surface area contributed by atoms with E-state index in [1.165, 1.54) is 6.07 Å². The molecule has 0 radical (unpaired) electrons. The van der Waals surface area contributed by atoms with Gasteiger partial charge in [-0.05, 0) is 24.6 Å². The van der Waals surface area contributed by atoms with Gasteiger partial charge in [-0.2, -0.15) is 0 Å². The van der Waals surface area contributed by atoms with Crippen molar-refractivity contribution in [3.05, 3.63) is 29.6 Å². The Labute approximate surface area is 98.2 Å². The van der Waals surface area contributed by atoms with Gasteiger partial charge in [0, 0.05) is 18.7 Å². The molecule has 1 aromatic carbocycles. The SMILES string of the molecule is Cc1ccc(NC(=O)C2CNC(=O)C2)cc1F. The molecule has 2 N–H and O–H groups in total. The van der Waals surface area contributed by atoms with Gasteiger partial charge in [0.1, 0.15) is 5.82 Å². The number of hydrogen-bond donors (Lipinski definition) is 2. The van der Waals surface area contributed by atoms with Crippen LogP contribution >= 0.6 is 0 Å². The summed E-state index contributed by atoms with van der Waals surface area (Å²) >= 11 is 0. The summed E-state index contributed by atoms with van der Waals surface area (Å²) < 4.78 is 13.3. The maximum absolute atomic E-state index is 13.3. The first-order valence-corrected chi connectivity index (χ1v) is 5.40. The maximum Gasteiger partial charge on any atom is 0.229 e. The molecule has 2 rings (SSSR count). The zero-order valence-corrected chi connectivity index (χ0v) is 9.42. The molecular weight excluding hydrogens is 223 g/mol. The van der Waals surface area contributed by atoms with Crippen molar-refractivity contribution in [3.8, 4) is 0 Å². The number of benzene rings is 1. The lowest BCUT2D eigenvalue weighted by Crippen LogP contribution is -2.24. The number of anilines is 1. The van der Waals surface area contributed by atoms with E-state index < -0.39 is 0 Å². The molecule has 1 atom stereocenters. The third kappa shape index (κ3) is 2.61. The molecule has 1 aromatic rings. The van der Waals surface area contributed by atoms with Gasteiger partial charge >= 0.3 is 0 Å². The van der Waals surface area contributed by atoms with Crippen LogP contribution in [0.2, 0.25) is 0 Å². The molecule has 1 fully saturated rings. The normalized spacial score (nSPS) is 18.9. The standard InChI is InChI=1S/C12H13FN2O2/c1-7-2-3-9(5-10(7)13)15-12(17)8-4-11(16)14-6-8/h2-3,5,8H,4,6H2,1H3,(H,14,16)(H,15,17). The van der Waals surface area contributed by atoms with Crippen molar-refractivity contribution in [2.24, 2.45) is 5.92 Å². The van der Waals surface area contributed by atoms with Gasteiger partial charge in [-0.15, -0.1) is 0 Å². The molecule has 0 aromatic heterocycles. The first kappa shape index (κ1) is 11.6. The first-order chi connectivity index (χ1) is 8.06. The summed E-state index contributed by atoms with van der Waals surface area (Å²) in [4.78, 5) is 22.7. The second kappa shape index (κ2) is 4.53. The number of carbonyl (C=O) groups is 2. The van der Waals surface area contributed by atoms with Crippen molar-refractivity contribution in [3.63, 3.8) is 0 Å². The molecule has 0 saturated carbocycles. The smallest absolute Gasteiger partial charge is 0.229 e. The van der Waals surface area contributed by atoms with Crippen LogP contribution in [0.4, 0.5) is 10.1 Å². The molecule has 1 heterocycles. The van der Waals surface area contributed by atoms with Gasteiger partial charge in [0.2, 0.25) is 11.8 Å². The Kier molecular flexibility index (Phi) is 3.08. The molecule has 2 amide bonds. The van der Waals surface area contributed by atoms with Gasteiger partial charge in [0.05, 0.1) is 5.92 Å². The highest BCUT2D eigenvalue weighted by molar-refractivity contribution is 5.97. The van der Waals surface area contributed by atoms with E-state index in [0.717, 1.165) is 0 Å². The highest BCUT2D eigenvalue weighted by atomic mass is 19.1. The lowest BCUT2D eigenvalue weighted by Gasteiger charge is -2.09. The van der Waals surface area contributed by atoms with Gasteiger partial charge < -0.3 is 10.6 Å². The number of rotatable bonds is 2. The molecule has 1 unspecified atom stereocenters. The number of nitrogens with one attached hydrogen (secondary N) is 2. The van der Waals surface area contributed by atoms with E-state index in [9.17, 15) is 14.0 Å². The van der Waals surface area contributed by atoms with Crippen molar-refractivity contribution in [1.82, 2.24) is 5.32 Å². The minimum absolute atomic E-state index is 0.125. The van der Waals surface area contributed by atoms with Crippen LogP contribution in [0.15, 0.2) is 18.2 Å². The van der Waals surface area contributed by atoms with Crippen LogP contribution in [0, 0.1) is 18.7 Å². The molecule has 0 spiro atoms. The highest BCUT2D eigenvalue weighted by Gasteiger charge is 2.27. The Hall–Kier alpha value is -1.91. The number of halogens is 1. The van der Waals surface area contributed by atoms with E-state index in [4.69, 9.17) is 0 Å². The second-order valence-electron chi connectivity index (χ2n) is 4.16. The summed E-state index contributed by atoms with van der Waals surface area (Å²) in [5.74, 6) is -1.11. The average Bonchev–Trinajstić information content (AvgIpc) is 2.70. The first-order valence-electron chi connectivity index (χ1n) is 5.40. The van der Waals surface area contributed by atoms with Crippen LogP contribution in [0.25, 0.3) is 0 Å². The van der Waals surface area contributed by atoms with E-state index in [2.05, 4.69) is 10.6 Å². The van der Waals surface area contributed by atoms with Crippen molar-refractivity contribution < 1.29 is 14.0 Å². The molecule has 17 heavy (non-hydrogen) atoms. The monoisotopic (exact) mass is 236 g/mol. The molecular formula is C12H13FN2O2. The van der Waals surface area contributed by atoms with Crippen LogP contribution in [0.3, 0.4) is 0 Å². The summed E-state index contributed by atoms with van der Waals surface area (Å²) in [5, 5.41) is 5.18. The lowest BCUT2D eigenvalue weighted by atomic mass is 10.1. The Balaban J connectivity index is 2.03. The van der Waals surface area contributed by atoms with Crippen LogP contribution in [-0.2, 0) is 9.59 Å². The number of hydrogen-bond acceptors (Lipinski definition) is 2. The molecule has 90 valence electrons. The van der Waals surface area contributed by atoms with Crippen molar-refractivity contribution in [1.29, 1.82) is 0 Å². The van der Waals surface area contributed by atoms with Crippen LogP contribution in [0.5, 0.6) is 0 Å². The van der Waals surface area contributed by atoms with E-state index in [0.29, 0.717) is 17.8 Å². The summed E-state index contributed by atoms with van der Waals surface area (Å²) in [7, 11) is 0. The number of carbonyl (C=O) groups excluding carboxylic acids is 2. The van der Waals surface area contributed by atoms with Crippen molar-refractivity contribution >= 4 is 17.5 Å². The number of aryl methyl sites for hydroxylation is 1. The molecule has 0 aliphatic carbocycles. The van der Waals surface area contributed by atoms with E-state index in [-0.39, 0.29) is 30.0 Å². The van der Waals surface area contributed by atoms with Crippen molar-refractivity contribution in [2.45, 2.75) is 13.3 Å². The third-order valence-corrected chi connectivity index (χ3v) is 2.79. The summed E-state index contributed by atoms with van der Waals surface area (Å²) in [6, 6.07) is 4.51. The molecule has 5 heteroatoms. The van der Waals surface area contributed by atoms with E-state index in [1.807, 2.05) is 0 Å². The minimum Gasteiger partial charge on any atom is -0.355 e. The fraction of sp³-hybridized carbons (Fsp3) is 0.333. The molecule has 4 nitrogen and oxygen atoms in total. The second-order valence-corrected chi connectivity index (χ2v) is 4.16. The summed E-state index contributed by atoms with van der Waals surface area (Å²) in [6.45, 7) is 2.00. The van der Waals surface area contributed by atoms with Crippen molar-refractivity contribution in [2.75, 3.05) is 11.9 Å². The van der Waals surface area contributed by atoms with E-state index >= 15 is 0 Å². The largest absolute Gasteiger partial charge is 0.355 e. The summed E-state index contributed by atoms with van der Waals surface area (Å²) in [6.07, 6.45) is 0.195. The van der Waals surface area contributed by atoms with Crippen LogP contribution < -0.4 is 10.6 Å². The lowest BCUT2D eigenvalue weighted by molar-refractivity contribution is -0.123. The molecule has 1 aliphatic rings. The predicted molar refractivity (Wildman–Crippen MR) is 60.9 cm³/mol. The van der Waals surface area contributed by atoms with Crippen LogP contribution in [-0.4, -0.2) is 18.4 Å². The molecule has 1 saturated heterocycles. The highest BCUT2D eigenvalue weighted by Crippen LogP contribution is 2.16. The molecule has 1 aliphatic heterocycles. The summed E-state index contributed by atoms with van der Waals surface area (Å²) in [5.41, 5.74) is 0.943. The quantitative estimate of drug-likeness (QED) is 0.810. The maximum atomic E-state index is 13.3. The Morgan fingerprint density at radius 2 is 2.29 bits per heavy atom. The average molecular weight is 236 g/mol. The zero-order chi connectivity index (χ0) is 12.4. The van der Waals surface area contributed by atoms with Crippen LogP contribution in [0.1, 0.15) is 12.0 Å². The fourth-order valence-electron chi connectivity index (χ4n) is 1.71. The Morgan fingerprint density at radius 1 is 1.53 bits per heavy atom. The zero-order valence-electron chi connectivity index (χ0n) is 9.42. The minimum atomic E-state index is -0.369. The van der Waals surface area contributed by atoms with E-state index in [1.54, 1.807) is 19.1 Å². The van der Waals surface area contributed by atoms with Gasteiger partial charge in [-0.3, -0.25) is 9.59 Å². The molecule has 0 bridgehead atoms. The van der Waals surface area contributed by atoms with Gasteiger partial charge in [0.25, 0.3) is 0 Å². The third-order valence-electron chi connectivity index (χ3n) is 2.79. The fourth-order valence-corrected chi connectivity index (χ4v) is 1.71. The number of amides is 2. The Morgan fingerprint density at radius 3 is 2.88 bits per heavy atom.